The molecule has 0 aliphatic rings. The number of benzene rings is 3. The summed E-state index contributed by atoms with van der Waals surface area (Å²) in [7, 11) is 3.50. The van der Waals surface area contributed by atoms with E-state index in [2.05, 4.69) is 15.5 Å². The number of ether oxygens (including phenoxy) is 1. The highest BCUT2D eigenvalue weighted by atomic mass is 32.2. The van der Waals surface area contributed by atoms with Crippen molar-refractivity contribution in [3.63, 3.8) is 0 Å². The molecule has 0 fully saturated rings. The van der Waals surface area contributed by atoms with Crippen LogP contribution in [0.1, 0.15) is 16.4 Å². The Bertz CT molecular complexity index is 1210. The summed E-state index contributed by atoms with van der Waals surface area (Å²) in [6, 6.07) is 25.2. The van der Waals surface area contributed by atoms with E-state index in [9.17, 15) is 4.79 Å². The van der Waals surface area contributed by atoms with Crippen LogP contribution in [0.25, 0.3) is 11.4 Å². The van der Waals surface area contributed by atoms with Crippen molar-refractivity contribution in [2.45, 2.75) is 17.3 Å². The van der Waals surface area contributed by atoms with Crippen LogP contribution < -0.4 is 10.1 Å². The molecule has 162 valence electrons. The maximum Gasteiger partial charge on any atom is 0.242 e. The zero-order valence-corrected chi connectivity index (χ0v) is 19.0. The van der Waals surface area contributed by atoms with Gasteiger partial charge < -0.3 is 14.6 Å². The van der Waals surface area contributed by atoms with Crippen LogP contribution in [0.4, 0.5) is 5.69 Å². The first-order valence-corrected chi connectivity index (χ1v) is 11.1. The summed E-state index contributed by atoms with van der Waals surface area (Å²) in [5, 5.41) is 11.9. The summed E-state index contributed by atoms with van der Waals surface area (Å²) >= 11 is 1.37. The molecule has 6 nitrogen and oxygen atoms in total. The molecule has 32 heavy (non-hydrogen) atoms. The summed E-state index contributed by atoms with van der Waals surface area (Å²) in [6.07, 6.45) is 0. The highest BCUT2D eigenvalue weighted by Gasteiger charge is 2.26. The van der Waals surface area contributed by atoms with E-state index in [4.69, 9.17) is 4.74 Å². The number of nitrogens with one attached hydrogen (secondary N) is 1. The molecule has 0 saturated carbocycles. The largest absolute Gasteiger partial charge is 0.495 e. The smallest absolute Gasteiger partial charge is 0.242 e. The van der Waals surface area contributed by atoms with Crippen molar-refractivity contribution in [2.75, 3.05) is 12.4 Å². The fourth-order valence-corrected chi connectivity index (χ4v) is 4.38. The number of methoxy groups -OCH3 is 1. The second-order valence-electron chi connectivity index (χ2n) is 7.33. The van der Waals surface area contributed by atoms with Gasteiger partial charge in [-0.1, -0.05) is 78.5 Å². The fraction of sp³-hybridized carbons (Fsp3) is 0.160. The monoisotopic (exact) mass is 444 g/mol. The molecule has 0 bridgehead atoms. The second kappa shape index (κ2) is 9.70. The van der Waals surface area contributed by atoms with Crippen molar-refractivity contribution >= 4 is 23.4 Å². The van der Waals surface area contributed by atoms with Gasteiger partial charge in [0.05, 0.1) is 12.8 Å². The Morgan fingerprint density at radius 1 is 1.00 bits per heavy atom. The van der Waals surface area contributed by atoms with Crippen LogP contribution in [0.5, 0.6) is 5.75 Å². The van der Waals surface area contributed by atoms with Gasteiger partial charge in [0.15, 0.2) is 11.0 Å². The predicted molar refractivity (Wildman–Crippen MR) is 128 cm³/mol. The van der Waals surface area contributed by atoms with Crippen LogP contribution in [0.2, 0.25) is 0 Å². The van der Waals surface area contributed by atoms with Crippen molar-refractivity contribution in [2.24, 2.45) is 7.05 Å². The number of rotatable bonds is 7. The van der Waals surface area contributed by atoms with Gasteiger partial charge in [0, 0.05) is 12.6 Å². The van der Waals surface area contributed by atoms with E-state index < -0.39 is 5.25 Å². The zero-order chi connectivity index (χ0) is 22.5. The number of carbonyl (C=O) groups excluding carboxylic acids is 1. The molecule has 0 saturated heterocycles. The first kappa shape index (κ1) is 21.6. The van der Waals surface area contributed by atoms with E-state index in [0.717, 1.165) is 22.5 Å². The third kappa shape index (κ3) is 4.68. The van der Waals surface area contributed by atoms with Crippen molar-refractivity contribution < 1.29 is 9.53 Å². The summed E-state index contributed by atoms with van der Waals surface area (Å²) in [6.45, 7) is 1.98. The number of aromatic nitrogens is 3. The van der Waals surface area contributed by atoms with Crippen LogP contribution in [-0.4, -0.2) is 27.8 Å². The molecule has 1 atom stereocenters. The zero-order valence-electron chi connectivity index (χ0n) is 18.1. The Labute approximate surface area is 191 Å². The van der Waals surface area contributed by atoms with Gasteiger partial charge in [-0.2, -0.15) is 0 Å². The van der Waals surface area contributed by atoms with Crippen LogP contribution in [0.15, 0.2) is 84.0 Å². The molecule has 1 N–H and O–H groups in total. The molecule has 4 rings (SSSR count). The molecule has 3 aromatic carbocycles. The van der Waals surface area contributed by atoms with E-state index in [-0.39, 0.29) is 5.91 Å². The van der Waals surface area contributed by atoms with Crippen LogP contribution in [0, 0.1) is 6.92 Å². The number of nitrogens with zero attached hydrogens (tertiary/aromatic N) is 3. The van der Waals surface area contributed by atoms with Gasteiger partial charge in [0.2, 0.25) is 5.91 Å². The lowest BCUT2D eigenvalue weighted by Gasteiger charge is -2.18. The minimum Gasteiger partial charge on any atom is -0.495 e. The first-order valence-electron chi connectivity index (χ1n) is 10.2. The number of thioether (sulfide) groups is 1. The van der Waals surface area contributed by atoms with E-state index in [0.29, 0.717) is 16.6 Å². The average Bonchev–Trinajstić information content (AvgIpc) is 3.18. The number of anilines is 1. The van der Waals surface area contributed by atoms with Crippen LogP contribution in [0.3, 0.4) is 0 Å². The Balaban J connectivity index is 1.65. The third-order valence-electron chi connectivity index (χ3n) is 5.04. The van der Waals surface area contributed by atoms with Gasteiger partial charge in [-0.15, -0.1) is 10.2 Å². The van der Waals surface area contributed by atoms with Gasteiger partial charge in [-0.05, 0) is 30.2 Å². The molecule has 0 spiro atoms. The second-order valence-corrected chi connectivity index (χ2v) is 8.41. The molecule has 1 aromatic heterocycles. The predicted octanol–water partition coefficient (Wildman–Crippen LogP) is 5.27. The van der Waals surface area contributed by atoms with E-state index in [1.165, 1.54) is 11.8 Å². The molecule has 0 unspecified atom stereocenters. The fourth-order valence-electron chi connectivity index (χ4n) is 3.38. The van der Waals surface area contributed by atoms with Gasteiger partial charge in [0.1, 0.15) is 11.0 Å². The minimum absolute atomic E-state index is 0.158. The number of hydrogen-bond donors (Lipinski definition) is 1. The minimum atomic E-state index is -0.520. The standard InChI is InChI=1S/C25H24N4O2S/c1-17-14-15-21(31-3)20(16-17)26-24(30)22(18-10-6-4-7-11-18)32-25-28-27-23(29(25)2)19-12-8-5-9-13-19/h4-16,22H,1-3H3,(H,26,30)/t22-/m0/s1. The van der Waals surface area contributed by atoms with Gasteiger partial charge in [-0.25, -0.2) is 0 Å². The maximum absolute atomic E-state index is 13.4. The molecular formula is C25H24N4O2S. The van der Waals surface area contributed by atoms with Gasteiger partial charge in [0.25, 0.3) is 0 Å². The summed E-state index contributed by atoms with van der Waals surface area (Å²) in [4.78, 5) is 13.4. The summed E-state index contributed by atoms with van der Waals surface area (Å²) in [5.74, 6) is 1.21. The SMILES string of the molecule is COc1ccc(C)cc1NC(=O)[C@@H](Sc1nnc(-c2ccccc2)n1C)c1ccccc1. The summed E-state index contributed by atoms with van der Waals surface area (Å²) in [5.41, 5.74) is 3.53. The van der Waals surface area contributed by atoms with Gasteiger partial charge in [-0.3, -0.25) is 4.79 Å². The molecule has 0 aliphatic heterocycles. The highest BCUT2D eigenvalue weighted by molar-refractivity contribution is 8.00. The lowest BCUT2D eigenvalue weighted by Crippen LogP contribution is -2.20. The number of aryl methyl sites for hydroxylation is 1. The topological polar surface area (TPSA) is 69.0 Å². The van der Waals surface area contributed by atoms with E-state index in [1.807, 2.05) is 97.4 Å². The van der Waals surface area contributed by atoms with Crippen molar-refractivity contribution in [1.82, 2.24) is 14.8 Å². The lowest BCUT2D eigenvalue weighted by molar-refractivity contribution is -0.115. The summed E-state index contributed by atoms with van der Waals surface area (Å²) < 4.78 is 7.34. The van der Waals surface area contributed by atoms with Crippen LogP contribution >= 0.6 is 11.8 Å². The molecule has 1 amide bonds. The number of amides is 1. The number of hydrogen-bond acceptors (Lipinski definition) is 5. The Morgan fingerprint density at radius 2 is 1.69 bits per heavy atom. The number of carbonyl (C=O) groups is 1. The lowest BCUT2D eigenvalue weighted by atomic mass is 10.1. The molecular weight excluding hydrogens is 420 g/mol. The third-order valence-corrected chi connectivity index (χ3v) is 6.33. The Hall–Kier alpha value is -3.58. The normalized spacial score (nSPS) is 11.7. The molecule has 7 heteroatoms. The molecule has 0 radical (unpaired) electrons. The maximum atomic E-state index is 13.4. The van der Waals surface area contributed by atoms with Crippen molar-refractivity contribution in [3.05, 3.63) is 90.0 Å². The van der Waals surface area contributed by atoms with E-state index >= 15 is 0 Å². The molecule has 1 heterocycles. The highest BCUT2D eigenvalue weighted by Crippen LogP contribution is 2.37. The van der Waals surface area contributed by atoms with E-state index in [1.54, 1.807) is 7.11 Å². The average molecular weight is 445 g/mol. The quantitative estimate of drug-likeness (QED) is 0.393. The van der Waals surface area contributed by atoms with Crippen molar-refractivity contribution in [3.8, 4) is 17.1 Å². The Kier molecular flexibility index (Phi) is 6.56. The van der Waals surface area contributed by atoms with Crippen LogP contribution in [-0.2, 0) is 11.8 Å². The van der Waals surface area contributed by atoms with Gasteiger partial charge >= 0.3 is 0 Å². The molecule has 4 aromatic rings. The Morgan fingerprint density at radius 3 is 2.38 bits per heavy atom. The first-order chi connectivity index (χ1) is 15.6. The van der Waals surface area contributed by atoms with Crippen molar-refractivity contribution in [1.29, 1.82) is 0 Å². The molecule has 0 aliphatic carbocycles.